The molecule has 0 aliphatic carbocycles. The summed E-state index contributed by atoms with van der Waals surface area (Å²) in [7, 11) is 0. The molecule has 0 spiro atoms. The van der Waals surface area contributed by atoms with E-state index in [1.165, 1.54) is 69.8 Å². The smallest absolute Gasteiger partial charge is 0.222 e. The minimum Gasteiger partial charge on any atom is -1.00 e. The molecule has 1 saturated heterocycles. The van der Waals surface area contributed by atoms with E-state index in [-0.39, 0.29) is 17.0 Å². The molecule has 4 heteroatoms. The Kier molecular flexibility index (Phi) is 15.2. The van der Waals surface area contributed by atoms with E-state index in [4.69, 9.17) is 0 Å². The number of rotatable bonds is 15. The van der Waals surface area contributed by atoms with Crippen LogP contribution in [0.4, 0.5) is 0 Å². The van der Waals surface area contributed by atoms with Gasteiger partial charge in [0.15, 0.2) is 0 Å². The van der Waals surface area contributed by atoms with E-state index >= 15 is 0 Å². The first-order valence-electron chi connectivity index (χ1n) is 12.9. The molecule has 0 N–H and O–H groups in total. The summed E-state index contributed by atoms with van der Waals surface area (Å²) in [5.74, 6) is 0.388. The highest BCUT2D eigenvalue weighted by atomic mass is 79.9. The molecule has 0 saturated carbocycles. The average molecular weight is 496 g/mol. The van der Waals surface area contributed by atoms with Crippen LogP contribution < -0.4 is 17.0 Å². The molecule has 0 unspecified atom stereocenters. The van der Waals surface area contributed by atoms with Gasteiger partial charge in [-0.3, -0.25) is 4.79 Å². The minimum atomic E-state index is 0. The summed E-state index contributed by atoms with van der Waals surface area (Å²) in [5, 5.41) is 0. The van der Waals surface area contributed by atoms with Gasteiger partial charge in [-0.05, 0) is 13.3 Å². The van der Waals surface area contributed by atoms with Crippen molar-refractivity contribution in [2.45, 2.75) is 97.4 Å². The third-order valence-corrected chi connectivity index (χ3v) is 7.07. The second-order valence-corrected chi connectivity index (χ2v) is 9.42. The summed E-state index contributed by atoms with van der Waals surface area (Å²) in [6, 6.07) is 10.8. The average Bonchev–Trinajstić information content (AvgIpc) is 2.78. The lowest BCUT2D eigenvalue weighted by Gasteiger charge is -2.44. The van der Waals surface area contributed by atoms with Gasteiger partial charge in [0.25, 0.3) is 0 Å². The van der Waals surface area contributed by atoms with Gasteiger partial charge < -0.3 is 26.4 Å². The first-order valence-corrected chi connectivity index (χ1v) is 12.9. The van der Waals surface area contributed by atoms with Crippen LogP contribution in [0.5, 0.6) is 0 Å². The quantitative estimate of drug-likeness (QED) is 0.269. The maximum Gasteiger partial charge on any atom is 0.222 e. The Morgan fingerprint density at radius 1 is 0.806 bits per heavy atom. The fourth-order valence-corrected chi connectivity index (χ4v) is 4.79. The Labute approximate surface area is 202 Å². The Hall–Kier alpha value is -0.870. The Balaban J connectivity index is 0.00000480. The van der Waals surface area contributed by atoms with Crippen molar-refractivity contribution in [3.63, 3.8) is 0 Å². The van der Waals surface area contributed by atoms with Crippen LogP contribution in [-0.2, 0) is 11.3 Å². The largest absolute Gasteiger partial charge is 1.00 e. The first-order chi connectivity index (χ1) is 14.7. The number of halogens is 1. The fraction of sp³-hybridized carbons (Fsp3) is 0.741. The number of unbranched alkanes of at least 4 members (excludes halogenated alkanes) is 10. The zero-order valence-electron chi connectivity index (χ0n) is 20.3. The van der Waals surface area contributed by atoms with Gasteiger partial charge in [0, 0.05) is 12.0 Å². The number of hydrogen-bond acceptors (Lipinski definition) is 1. The van der Waals surface area contributed by atoms with Gasteiger partial charge in [0.1, 0.15) is 6.54 Å². The molecule has 0 aromatic heterocycles. The van der Waals surface area contributed by atoms with Gasteiger partial charge in [-0.2, -0.15) is 0 Å². The summed E-state index contributed by atoms with van der Waals surface area (Å²) in [4.78, 5) is 14.8. The molecule has 31 heavy (non-hydrogen) atoms. The van der Waals surface area contributed by atoms with Crippen LogP contribution in [0.2, 0.25) is 0 Å². The number of nitrogens with zero attached hydrogens (tertiary/aromatic N) is 2. The molecule has 1 aromatic rings. The molecular formula is C27H47BrN2O. The topological polar surface area (TPSA) is 20.3 Å². The summed E-state index contributed by atoms with van der Waals surface area (Å²) < 4.78 is 1.12. The van der Waals surface area contributed by atoms with Gasteiger partial charge >= 0.3 is 0 Å². The van der Waals surface area contributed by atoms with Crippen molar-refractivity contribution < 1.29 is 26.3 Å². The molecule has 0 bridgehead atoms. The molecule has 1 aromatic carbocycles. The molecule has 1 fully saturated rings. The lowest BCUT2D eigenvalue weighted by molar-refractivity contribution is -0.942. The summed E-state index contributed by atoms with van der Waals surface area (Å²) >= 11 is 0. The van der Waals surface area contributed by atoms with Crippen molar-refractivity contribution in [1.82, 2.24) is 4.90 Å². The van der Waals surface area contributed by atoms with Crippen LogP contribution >= 0.6 is 0 Å². The lowest BCUT2D eigenvalue weighted by atomic mass is 10.0. The number of likely N-dealkylation sites (N-methyl/N-ethyl adjacent to an activating group) is 1. The summed E-state index contributed by atoms with van der Waals surface area (Å²) in [6.07, 6.45) is 15.5. The minimum absolute atomic E-state index is 0. The molecule has 178 valence electrons. The molecule has 1 amide bonds. The Bertz CT molecular complexity index is 570. The lowest BCUT2D eigenvalue weighted by Crippen LogP contribution is -3.00. The van der Waals surface area contributed by atoms with Crippen LogP contribution in [0.15, 0.2) is 30.3 Å². The first kappa shape index (κ1) is 28.2. The summed E-state index contributed by atoms with van der Waals surface area (Å²) in [5.41, 5.74) is 1.42. The highest BCUT2D eigenvalue weighted by molar-refractivity contribution is 5.76. The molecular weight excluding hydrogens is 448 g/mol. The number of amides is 1. The normalized spacial score (nSPS) is 15.5. The Morgan fingerprint density at radius 2 is 1.32 bits per heavy atom. The van der Waals surface area contributed by atoms with Gasteiger partial charge in [-0.15, -0.1) is 0 Å². The number of quaternary nitrogens is 1. The van der Waals surface area contributed by atoms with E-state index in [2.05, 4.69) is 49.1 Å². The molecule has 1 heterocycles. The molecule has 0 radical (unpaired) electrons. The number of piperazine rings is 1. The number of benzene rings is 1. The van der Waals surface area contributed by atoms with Crippen LogP contribution in [-0.4, -0.2) is 48.0 Å². The predicted molar refractivity (Wildman–Crippen MR) is 128 cm³/mol. The number of hydrogen-bond donors (Lipinski definition) is 0. The van der Waals surface area contributed by atoms with Crippen LogP contribution in [0.3, 0.4) is 0 Å². The van der Waals surface area contributed by atoms with Gasteiger partial charge in [0.2, 0.25) is 5.91 Å². The standard InChI is InChI=1S/C27H47N2O.BrH/c1-3-5-6-7-8-9-10-11-12-13-17-20-27(30)28-21-23-29(4-2,24-22-28)25-26-18-15-14-16-19-26;/h14-16,18-19H,3-13,17,20-25H2,1-2H3;1H/q+1;/p-1. The zero-order chi connectivity index (χ0) is 21.5. The van der Waals surface area contributed by atoms with E-state index < -0.39 is 0 Å². The van der Waals surface area contributed by atoms with Crippen molar-refractivity contribution in [3.8, 4) is 0 Å². The van der Waals surface area contributed by atoms with Crippen molar-refractivity contribution in [2.24, 2.45) is 0 Å². The predicted octanol–water partition coefficient (Wildman–Crippen LogP) is 3.57. The van der Waals surface area contributed by atoms with Crippen LogP contribution in [0, 0.1) is 0 Å². The molecule has 2 rings (SSSR count). The number of carbonyl (C=O) groups excluding carboxylic acids is 1. The van der Waals surface area contributed by atoms with Crippen LogP contribution in [0.25, 0.3) is 0 Å². The van der Waals surface area contributed by atoms with Crippen molar-refractivity contribution in [3.05, 3.63) is 35.9 Å². The second-order valence-electron chi connectivity index (χ2n) is 9.42. The molecule has 3 nitrogen and oxygen atoms in total. The van der Waals surface area contributed by atoms with E-state index in [1.807, 2.05) is 0 Å². The van der Waals surface area contributed by atoms with Crippen LogP contribution in [0.1, 0.15) is 96.5 Å². The van der Waals surface area contributed by atoms with Gasteiger partial charge in [-0.1, -0.05) is 101 Å². The molecule has 0 atom stereocenters. The zero-order valence-corrected chi connectivity index (χ0v) is 21.9. The maximum atomic E-state index is 12.6. The van der Waals surface area contributed by atoms with E-state index in [0.29, 0.717) is 5.91 Å². The molecule has 1 aliphatic rings. The van der Waals surface area contributed by atoms with Crippen molar-refractivity contribution in [2.75, 3.05) is 32.7 Å². The van der Waals surface area contributed by atoms with Gasteiger partial charge in [0.05, 0.1) is 32.7 Å². The molecule has 1 aliphatic heterocycles. The Morgan fingerprint density at radius 3 is 1.84 bits per heavy atom. The third kappa shape index (κ3) is 11.0. The SMILES string of the molecule is CCCCCCCCCCCCCC(=O)N1CC[N+](CC)(Cc2ccccc2)CC1.[Br-]. The van der Waals surface area contributed by atoms with E-state index in [1.54, 1.807) is 0 Å². The van der Waals surface area contributed by atoms with Crippen molar-refractivity contribution >= 4 is 5.91 Å². The van der Waals surface area contributed by atoms with Crippen molar-refractivity contribution in [1.29, 1.82) is 0 Å². The number of carbonyl (C=O) groups is 1. The third-order valence-electron chi connectivity index (χ3n) is 7.07. The monoisotopic (exact) mass is 494 g/mol. The maximum absolute atomic E-state index is 12.6. The fourth-order valence-electron chi connectivity index (χ4n) is 4.79. The second kappa shape index (κ2) is 16.7. The summed E-state index contributed by atoms with van der Waals surface area (Å²) in [6.45, 7) is 10.9. The van der Waals surface area contributed by atoms with E-state index in [0.717, 1.165) is 56.6 Å². The highest BCUT2D eigenvalue weighted by Gasteiger charge is 2.33. The van der Waals surface area contributed by atoms with Gasteiger partial charge in [-0.25, -0.2) is 0 Å². The highest BCUT2D eigenvalue weighted by Crippen LogP contribution is 2.19. The van der Waals surface area contributed by atoms with E-state index in [9.17, 15) is 4.79 Å².